The Balaban J connectivity index is 0.00000676. The molecule has 3 N–H and O–H groups in total. The van der Waals surface area contributed by atoms with Gasteiger partial charge in [0.1, 0.15) is 18.1 Å². The number of hydrogen-bond donors (Lipinski definition) is 3. The van der Waals surface area contributed by atoms with Crippen LogP contribution < -0.4 is 50.6 Å². The molecule has 1 fully saturated rings. The molecule has 0 unspecified atom stereocenters. The summed E-state index contributed by atoms with van der Waals surface area (Å²) in [5, 5.41) is 20.8. The summed E-state index contributed by atoms with van der Waals surface area (Å²) < 4.78 is 1.94. The molecule has 4 rings (SSSR count). The Morgan fingerprint density at radius 1 is 0.860 bits per heavy atom. The molecular weight excluding hydrogens is 649 g/mol. The first kappa shape index (κ1) is 40.5. The van der Waals surface area contributed by atoms with Crippen LogP contribution >= 0.6 is 0 Å². The molecule has 5 amide bonds. The third-order valence-corrected chi connectivity index (χ3v) is 8.75. The minimum absolute atomic E-state index is 0. The van der Waals surface area contributed by atoms with Crippen LogP contribution in [-0.2, 0) is 39.1 Å². The zero-order valence-electron chi connectivity index (χ0n) is 29.8. The number of carbonyl (C=O) groups is 5. The van der Waals surface area contributed by atoms with Crippen LogP contribution in [0.25, 0.3) is 10.9 Å². The average Bonchev–Trinajstić information content (AvgIpc) is 3.20. The number of carboxylic acids is 1. The number of para-hydroxylation sites is 1. The van der Waals surface area contributed by atoms with Crippen molar-refractivity contribution in [3.05, 3.63) is 66.1 Å². The Hall–Kier alpha value is -3.94. The molecule has 1 aliphatic heterocycles. The number of carbonyl (C=O) groups excluding carboxylic acids is 5. The molecule has 1 aromatic carbocycles. The molecule has 13 nitrogen and oxygen atoms in total. The van der Waals surface area contributed by atoms with Gasteiger partial charge in [-0.2, -0.15) is 0 Å². The third-order valence-electron chi connectivity index (χ3n) is 8.75. The number of nitrogens with one attached hydrogen (secondary N) is 3. The van der Waals surface area contributed by atoms with Crippen LogP contribution in [0.2, 0.25) is 0 Å². The molecule has 1 saturated heterocycles. The summed E-state index contributed by atoms with van der Waals surface area (Å²) in [6.07, 6.45) is 7.79. The maximum atomic E-state index is 14.2. The number of fused-ring (bicyclic) bond motifs is 1. The van der Waals surface area contributed by atoms with E-state index < -0.39 is 48.4 Å². The standard InChI is InChI=1S/C36H49N7O6.Na/c1-24(2)19-28(40-36(49)43-17-11-5-6-12-18-43)33(46)38-29(20-25-22-41(3)31-15-8-7-14-27(25)31)34(47)39-30(21-26-13-9-10-16-37-26)35(48)42(4)23-32(44)45;/h7-10,13-16,22,24,28-30H,5-6,11-12,17-21,23H2,1-4H3,(H,38,46)(H,39,47)(H,40,49)(H,44,45);/q;+1/p-1/t28-,29+,30+;/m0./s1. The number of benzene rings is 1. The minimum Gasteiger partial charge on any atom is -0.548 e. The van der Waals surface area contributed by atoms with Crippen molar-refractivity contribution >= 4 is 40.6 Å². The van der Waals surface area contributed by atoms with Gasteiger partial charge in [0.05, 0.1) is 12.5 Å². The normalized spacial score (nSPS) is 14.9. The van der Waals surface area contributed by atoms with Crippen molar-refractivity contribution in [2.24, 2.45) is 13.0 Å². The maximum Gasteiger partial charge on any atom is 1.00 e. The molecular formula is C36H48N7NaO6. The molecule has 14 heteroatoms. The van der Waals surface area contributed by atoms with Gasteiger partial charge in [-0.3, -0.25) is 19.4 Å². The van der Waals surface area contributed by atoms with Gasteiger partial charge in [-0.1, -0.05) is 51.0 Å². The zero-order valence-corrected chi connectivity index (χ0v) is 31.8. The van der Waals surface area contributed by atoms with Crippen LogP contribution in [0, 0.1) is 5.92 Å². The predicted octanol–water partition coefficient (Wildman–Crippen LogP) is -1.46. The van der Waals surface area contributed by atoms with E-state index in [1.54, 1.807) is 29.3 Å². The van der Waals surface area contributed by atoms with Gasteiger partial charge in [-0.15, -0.1) is 0 Å². The monoisotopic (exact) mass is 697 g/mol. The van der Waals surface area contributed by atoms with Crippen LogP contribution in [0.5, 0.6) is 0 Å². The van der Waals surface area contributed by atoms with Crippen molar-refractivity contribution in [1.82, 2.24) is 35.3 Å². The van der Waals surface area contributed by atoms with Crippen molar-refractivity contribution in [2.75, 3.05) is 26.7 Å². The largest absolute Gasteiger partial charge is 1.00 e. The van der Waals surface area contributed by atoms with Crippen molar-refractivity contribution in [3.8, 4) is 0 Å². The number of carboxylic acid groups (broad SMARTS) is 1. The van der Waals surface area contributed by atoms with E-state index in [1.807, 2.05) is 55.9 Å². The first-order valence-corrected chi connectivity index (χ1v) is 17.0. The molecule has 264 valence electrons. The number of nitrogens with zero attached hydrogens (tertiary/aromatic N) is 4. The topological polar surface area (TPSA) is 169 Å². The van der Waals surface area contributed by atoms with Gasteiger partial charge < -0.3 is 40.2 Å². The molecule has 0 radical (unpaired) electrons. The Morgan fingerprint density at radius 2 is 1.50 bits per heavy atom. The number of likely N-dealkylation sites (tertiary alicyclic amines) is 1. The Bertz CT molecular complexity index is 1610. The maximum absolute atomic E-state index is 14.2. The number of rotatable bonds is 14. The number of likely N-dealkylation sites (N-methyl/N-ethyl adjacent to an activating group) is 1. The number of aliphatic carboxylic acids is 1. The van der Waals surface area contributed by atoms with Gasteiger partial charge >= 0.3 is 35.6 Å². The Labute approximate surface area is 315 Å². The minimum atomic E-state index is -1.45. The smallest absolute Gasteiger partial charge is 0.548 e. The predicted molar refractivity (Wildman–Crippen MR) is 183 cm³/mol. The summed E-state index contributed by atoms with van der Waals surface area (Å²) in [4.78, 5) is 73.2. The van der Waals surface area contributed by atoms with E-state index in [2.05, 4.69) is 20.9 Å². The van der Waals surface area contributed by atoms with Gasteiger partial charge in [-0.25, -0.2) is 4.79 Å². The van der Waals surface area contributed by atoms with Crippen LogP contribution in [0.3, 0.4) is 0 Å². The zero-order chi connectivity index (χ0) is 35.5. The van der Waals surface area contributed by atoms with Crippen LogP contribution in [0.15, 0.2) is 54.9 Å². The molecule has 2 aromatic heterocycles. The number of hydrogen-bond acceptors (Lipinski definition) is 7. The molecule has 0 spiro atoms. The van der Waals surface area contributed by atoms with Crippen molar-refractivity contribution in [2.45, 2.75) is 76.9 Å². The van der Waals surface area contributed by atoms with E-state index in [-0.39, 0.29) is 54.3 Å². The Morgan fingerprint density at radius 3 is 2.14 bits per heavy atom. The van der Waals surface area contributed by atoms with E-state index in [0.29, 0.717) is 25.2 Å². The molecule has 3 aromatic rings. The summed E-state index contributed by atoms with van der Waals surface area (Å²) in [6.45, 7) is 4.47. The molecule has 0 bridgehead atoms. The SMILES string of the molecule is CC(C)C[C@H](NC(=O)N1CCCCCC1)C(=O)N[C@H](Cc1cn(C)c2ccccc12)C(=O)N[C@H](Cc1ccccn1)C(=O)N(C)CC(=O)[O-].[Na+]. The van der Waals surface area contributed by atoms with Crippen molar-refractivity contribution in [1.29, 1.82) is 0 Å². The van der Waals surface area contributed by atoms with E-state index in [0.717, 1.165) is 47.0 Å². The van der Waals surface area contributed by atoms with E-state index in [4.69, 9.17) is 0 Å². The number of pyridine rings is 1. The fourth-order valence-corrected chi connectivity index (χ4v) is 6.24. The average molecular weight is 698 g/mol. The quantitative estimate of drug-likeness (QED) is 0.173. The molecule has 1 aliphatic rings. The second-order valence-corrected chi connectivity index (χ2v) is 13.2. The summed E-state index contributed by atoms with van der Waals surface area (Å²) in [7, 11) is 3.21. The summed E-state index contributed by atoms with van der Waals surface area (Å²) in [5.74, 6) is -3.19. The number of aromatic nitrogens is 2. The first-order valence-electron chi connectivity index (χ1n) is 17.0. The fraction of sp³-hybridized carbons (Fsp3) is 0.500. The first-order chi connectivity index (χ1) is 23.4. The van der Waals surface area contributed by atoms with Crippen LogP contribution in [0.4, 0.5) is 4.79 Å². The Kier molecular flexibility index (Phi) is 15.8. The molecule has 0 saturated carbocycles. The number of amides is 5. The van der Waals surface area contributed by atoms with Crippen molar-refractivity contribution in [3.63, 3.8) is 0 Å². The fourth-order valence-electron chi connectivity index (χ4n) is 6.24. The van der Waals surface area contributed by atoms with Gasteiger partial charge in [0.15, 0.2) is 0 Å². The van der Waals surface area contributed by atoms with Gasteiger partial charge in [0.2, 0.25) is 17.7 Å². The second-order valence-electron chi connectivity index (χ2n) is 13.2. The van der Waals surface area contributed by atoms with Crippen LogP contribution in [-0.4, -0.2) is 93.9 Å². The molecule has 3 heterocycles. The number of aryl methyl sites for hydroxylation is 1. The molecule has 0 aliphatic carbocycles. The summed E-state index contributed by atoms with van der Waals surface area (Å²) in [6, 6.07) is 9.32. The van der Waals surface area contributed by atoms with E-state index in [1.165, 1.54) is 7.05 Å². The summed E-state index contributed by atoms with van der Waals surface area (Å²) >= 11 is 0. The summed E-state index contributed by atoms with van der Waals surface area (Å²) in [5.41, 5.74) is 2.25. The third kappa shape index (κ3) is 11.6. The van der Waals surface area contributed by atoms with Gasteiger partial charge in [0, 0.05) is 69.0 Å². The van der Waals surface area contributed by atoms with E-state index >= 15 is 0 Å². The molecule has 50 heavy (non-hydrogen) atoms. The number of urea groups is 1. The van der Waals surface area contributed by atoms with Gasteiger partial charge in [-0.05, 0) is 48.9 Å². The second kappa shape index (κ2) is 19.5. The molecule has 3 atom stereocenters. The van der Waals surface area contributed by atoms with Crippen LogP contribution in [0.1, 0.15) is 57.2 Å². The van der Waals surface area contributed by atoms with Gasteiger partial charge in [0.25, 0.3) is 0 Å². The van der Waals surface area contributed by atoms with E-state index in [9.17, 15) is 29.1 Å². The van der Waals surface area contributed by atoms with Crippen molar-refractivity contribution < 1.29 is 58.6 Å².